The summed E-state index contributed by atoms with van der Waals surface area (Å²) in [5.41, 5.74) is 0.601. The van der Waals surface area contributed by atoms with Gasteiger partial charge in [-0.1, -0.05) is 25.1 Å². The van der Waals surface area contributed by atoms with Crippen molar-refractivity contribution in [1.82, 2.24) is 35.1 Å². The number of nitrogens with one attached hydrogen (secondary N) is 2. The molecule has 0 bridgehead atoms. The molecule has 3 fully saturated rings. The fourth-order valence-corrected chi connectivity index (χ4v) is 5.65. The maximum atomic E-state index is 13.3. The Kier molecular flexibility index (Phi) is 9.65. The van der Waals surface area contributed by atoms with E-state index in [1.54, 1.807) is 41.0 Å². The zero-order valence-electron chi connectivity index (χ0n) is 24.8. The molecule has 0 spiro atoms. The van der Waals surface area contributed by atoms with Gasteiger partial charge in [-0.15, -0.1) is 0 Å². The van der Waals surface area contributed by atoms with Crippen LogP contribution in [0.4, 0.5) is 4.79 Å². The zero-order chi connectivity index (χ0) is 31.2. The molecule has 0 unspecified atom stereocenters. The Morgan fingerprint density at radius 2 is 1.68 bits per heavy atom. The molecule has 1 aliphatic carbocycles. The Labute approximate surface area is 255 Å². The van der Waals surface area contributed by atoms with Crippen molar-refractivity contribution in [1.29, 1.82) is 0 Å². The van der Waals surface area contributed by atoms with E-state index in [-0.39, 0.29) is 68.1 Å². The van der Waals surface area contributed by atoms with E-state index in [4.69, 9.17) is 4.74 Å². The molecule has 5 amide bonds. The van der Waals surface area contributed by atoms with Crippen molar-refractivity contribution in [3.05, 3.63) is 42.1 Å². The normalized spacial score (nSPS) is 19.2. The van der Waals surface area contributed by atoms with Crippen LogP contribution in [0.3, 0.4) is 0 Å². The van der Waals surface area contributed by atoms with Gasteiger partial charge in [0, 0.05) is 44.8 Å². The molecule has 14 heteroatoms. The lowest BCUT2D eigenvalue weighted by Crippen LogP contribution is -2.55. The first-order valence-electron chi connectivity index (χ1n) is 15.2. The number of amides is 5. The smallest absolute Gasteiger partial charge is 0.407 e. The topological polar surface area (TPSA) is 166 Å². The second kappa shape index (κ2) is 13.8. The maximum Gasteiger partial charge on any atom is 0.407 e. The summed E-state index contributed by atoms with van der Waals surface area (Å²) in [7, 11) is 0. The minimum atomic E-state index is -1.03. The summed E-state index contributed by atoms with van der Waals surface area (Å²) in [6.07, 6.45) is 3.66. The summed E-state index contributed by atoms with van der Waals surface area (Å²) in [6.45, 7) is 2.79. The van der Waals surface area contributed by atoms with Gasteiger partial charge in [0.25, 0.3) is 11.8 Å². The van der Waals surface area contributed by atoms with Crippen LogP contribution < -0.4 is 15.4 Å². The van der Waals surface area contributed by atoms with Crippen LogP contribution in [0.15, 0.2) is 36.4 Å². The minimum absolute atomic E-state index is 0.00262. The van der Waals surface area contributed by atoms with Gasteiger partial charge in [-0.25, -0.2) is 9.48 Å². The van der Waals surface area contributed by atoms with Gasteiger partial charge in [-0.2, -0.15) is 5.10 Å². The number of rotatable bonds is 10. The number of carbonyl (C=O) groups is 5. The Morgan fingerprint density at radius 1 is 0.977 bits per heavy atom. The average molecular weight is 610 g/mol. The van der Waals surface area contributed by atoms with Crippen molar-refractivity contribution in [2.24, 2.45) is 0 Å². The number of carboxylic acid groups (broad SMARTS) is 1. The average Bonchev–Trinajstić information content (AvgIpc) is 3.69. The Morgan fingerprint density at radius 3 is 2.32 bits per heavy atom. The third-order valence-corrected chi connectivity index (χ3v) is 8.45. The van der Waals surface area contributed by atoms with E-state index in [2.05, 4.69) is 15.7 Å². The number of aromatic nitrogens is 2. The highest BCUT2D eigenvalue weighted by Gasteiger charge is 2.36. The highest BCUT2D eigenvalue weighted by molar-refractivity contribution is 5.96. The van der Waals surface area contributed by atoms with Crippen LogP contribution in [0.25, 0.3) is 5.69 Å². The third-order valence-electron chi connectivity index (χ3n) is 8.45. The molecular weight excluding hydrogens is 570 g/mol. The predicted octanol–water partition coefficient (Wildman–Crippen LogP) is 1.24. The summed E-state index contributed by atoms with van der Waals surface area (Å²) >= 11 is 0. The molecule has 1 aromatic carbocycles. The first-order chi connectivity index (χ1) is 21.2. The molecule has 0 radical (unpaired) electrons. The van der Waals surface area contributed by atoms with Gasteiger partial charge in [0.15, 0.2) is 12.3 Å². The van der Waals surface area contributed by atoms with E-state index in [9.17, 15) is 29.1 Å². The maximum absolute atomic E-state index is 13.3. The molecule has 2 atom stereocenters. The number of likely N-dealkylation sites (tertiary alicyclic amines) is 1. The van der Waals surface area contributed by atoms with Crippen molar-refractivity contribution in [3.63, 3.8) is 0 Å². The molecule has 1 aromatic heterocycles. The number of nitrogens with zero attached hydrogens (tertiary/aromatic N) is 5. The lowest BCUT2D eigenvalue weighted by atomic mass is 9.93. The lowest BCUT2D eigenvalue weighted by Gasteiger charge is -2.35. The van der Waals surface area contributed by atoms with E-state index < -0.39 is 24.1 Å². The molecule has 3 N–H and O–H groups in total. The first kappa shape index (κ1) is 30.8. The molecule has 2 saturated heterocycles. The zero-order valence-corrected chi connectivity index (χ0v) is 24.8. The number of benzene rings is 1. The number of hydrogen-bond acceptors (Lipinski definition) is 7. The monoisotopic (exact) mass is 609 g/mol. The lowest BCUT2D eigenvalue weighted by molar-refractivity contribution is -0.140. The summed E-state index contributed by atoms with van der Waals surface area (Å²) in [4.78, 5) is 68.0. The van der Waals surface area contributed by atoms with Crippen molar-refractivity contribution in [2.45, 2.75) is 63.6 Å². The predicted molar refractivity (Wildman–Crippen MR) is 157 cm³/mol. The Hall–Kier alpha value is -4.62. The quantitative estimate of drug-likeness (QED) is 0.362. The van der Waals surface area contributed by atoms with Gasteiger partial charge in [0.05, 0.1) is 5.69 Å². The van der Waals surface area contributed by atoms with Gasteiger partial charge < -0.3 is 35.2 Å². The van der Waals surface area contributed by atoms with Crippen molar-refractivity contribution < 1.29 is 33.8 Å². The van der Waals surface area contributed by atoms with E-state index in [0.717, 1.165) is 25.7 Å². The third kappa shape index (κ3) is 6.95. The van der Waals surface area contributed by atoms with Gasteiger partial charge in [0.1, 0.15) is 12.1 Å². The van der Waals surface area contributed by atoms with Crippen LogP contribution in [0, 0.1) is 0 Å². The Bertz CT molecular complexity index is 1370. The summed E-state index contributed by atoms with van der Waals surface area (Å²) in [6, 6.07) is 9.25. The SMILES string of the molecule is CC[C@H](NC(=O)c1cc(OCC(=O)N2CCC[C@H]2C(=O)NC2CCC2)n(-c2ccccc2)n1)C(=O)N1CCN(C(=O)O)CC1. The first-order valence-corrected chi connectivity index (χ1v) is 15.2. The summed E-state index contributed by atoms with van der Waals surface area (Å²) in [5, 5.41) is 19.4. The van der Waals surface area contributed by atoms with E-state index >= 15 is 0 Å². The summed E-state index contributed by atoms with van der Waals surface area (Å²) in [5.74, 6) is -1.18. The molecule has 236 valence electrons. The van der Waals surface area contributed by atoms with Crippen LogP contribution in [0.5, 0.6) is 5.88 Å². The van der Waals surface area contributed by atoms with E-state index in [1.807, 2.05) is 6.07 Å². The molecule has 5 rings (SSSR count). The highest BCUT2D eigenvalue weighted by atomic mass is 16.5. The molecule has 1 saturated carbocycles. The van der Waals surface area contributed by atoms with Gasteiger partial charge in [-0.3, -0.25) is 19.2 Å². The highest BCUT2D eigenvalue weighted by Crippen LogP contribution is 2.23. The molecule has 2 aliphatic heterocycles. The number of piperazine rings is 1. The molecule has 14 nitrogen and oxygen atoms in total. The van der Waals surface area contributed by atoms with Crippen LogP contribution in [0.2, 0.25) is 0 Å². The van der Waals surface area contributed by atoms with Crippen LogP contribution in [0.1, 0.15) is 55.9 Å². The fraction of sp³-hybridized carbons (Fsp3) is 0.533. The fourth-order valence-electron chi connectivity index (χ4n) is 5.65. The van der Waals surface area contributed by atoms with Crippen LogP contribution in [-0.4, -0.2) is 117 Å². The van der Waals surface area contributed by atoms with Crippen molar-refractivity contribution >= 4 is 29.7 Å². The summed E-state index contributed by atoms with van der Waals surface area (Å²) < 4.78 is 7.33. The number of para-hydroxylation sites is 1. The number of ether oxygens (including phenoxy) is 1. The standard InChI is InChI=1S/C30H39N7O7/c1-2-22(29(41)34-14-16-35(17-15-34)30(42)43)32-27(39)23-18-26(37(33-23)21-10-4-3-5-11-21)44-19-25(38)36-13-7-12-24(36)28(40)31-20-8-6-9-20/h3-5,10-11,18,20,22,24H,2,6-9,12-17,19H2,1H3,(H,31,40)(H,32,39)(H,42,43)/t22-,24-/m0/s1. The largest absolute Gasteiger partial charge is 0.467 e. The van der Waals surface area contributed by atoms with Crippen molar-refractivity contribution in [3.8, 4) is 11.6 Å². The molecular formula is C30H39N7O7. The second-order valence-electron chi connectivity index (χ2n) is 11.3. The Balaban J connectivity index is 1.25. The molecule has 3 aliphatic rings. The second-order valence-corrected chi connectivity index (χ2v) is 11.3. The van der Waals surface area contributed by atoms with Gasteiger partial charge in [0.2, 0.25) is 17.7 Å². The van der Waals surface area contributed by atoms with Crippen LogP contribution in [-0.2, 0) is 14.4 Å². The number of carbonyl (C=O) groups excluding carboxylic acids is 4. The van der Waals surface area contributed by atoms with E-state index in [0.29, 0.717) is 25.1 Å². The van der Waals surface area contributed by atoms with Gasteiger partial charge in [-0.05, 0) is 50.7 Å². The molecule has 3 heterocycles. The van der Waals surface area contributed by atoms with Crippen molar-refractivity contribution in [2.75, 3.05) is 39.3 Å². The van der Waals surface area contributed by atoms with Crippen LogP contribution >= 0.6 is 0 Å². The molecule has 2 aromatic rings. The molecule has 44 heavy (non-hydrogen) atoms. The minimum Gasteiger partial charge on any atom is -0.467 e. The number of hydrogen-bond donors (Lipinski definition) is 3. The van der Waals surface area contributed by atoms with Gasteiger partial charge >= 0.3 is 6.09 Å². The van der Waals surface area contributed by atoms with E-state index in [1.165, 1.54) is 15.6 Å².